The van der Waals surface area contributed by atoms with Crippen molar-refractivity contribution < 1.29 is 9.59 Å². The minimum absolute atomic E-state index is 0.0307. The number of carbonyl (C=O) groups excluding carboxylic acids is 2. The van der Waals surface area contributed by atoms with Gasteiger partial charge in [0.25, 0.3) is 0 Å². The third-order valence-corrected chi connectivity index (χ3v) is 3.69. The predicted molar refractivity (Wildman–Crippen MR) is 79.7 cm³/mol. The lowest BCUT2D eigenvalue weighted by atomic mass is 9.99. The summed E-state index contributed by atoms with van der Waals surface area (Å²) in [7, 11) is 0. The third-order valence-electron chi connectivity index (χ3n) is 3.69. The average Bonchev–Trinajstić information content (AvgIpc) is 2.41. The Bertz CT molecular complexity index is 506. The van der Waals surface area contributed by atoms with Crippen LogP contribution in [0.1, 0.15) is 39.2 Å². The van der Waals surface area contributed by atoms with Gasteiger partial charge in [-0.3, -0.25) is 9.59 Å². The van der Waals surface area contributed by atoms with Crippen molar-refractivity contribution in [2.45, 2.75) is 39.7 Å². The monoisotopic (exact) mass is 274 g/mol. The summed E-state index contributed by atoms with van der Waals surface area (Å²) in [4.78, 5) is 25.8. The van der Waals surface area contributed by atoms with E-state index in [2.05, 4.69) is 19.2 Å². The van der Waals surface area contributed by atoms with Crippen molar-refractivity contribution in [1.29, 1.82) is 0 Å². The highest BCUT2D eigenvalue weighted by Gasteiger charge is 2.35. The molecule has 0 spiro atoms. The molecule has 0 bridgehead atoms. The molecule has 108 valence electrons. The minimum atomic E-state index is -0.430. The molecule has 0 aliphatic carbocycles. The molecular weight excluding hydrogens is 252 g/mol. The van der Waals surface area contributed by atoms with Gasteiger partial charge in [0.1, 0.15) is 12.6 Å². The van der Waals surface area contributed by atoms with Crippen LogP contribution in [-0.2, 0) is 9.59 Å². The smallest absolute Gasteiger partial charge is 0.250 e. The van der Waals surface area contributed by atoms with Gasteiger partial charge in [0, 0.05) is 5.69 Å². The molecule has 2 amide bonds. The Morgan fingerprint density at radius 3 is 2.20 bits per heavy atom. The molecule has 1 N–H and O–H groups in total. The number of nitrogens with one attached hydrogen (secondary N) is 1. The molecule has 20 heavy (non-hydrogen) atoms. The number of carbonyl (C=O) groups is 2. The van der Waals surface area contributed by atoms with Gasteiger partial charge < -0.3 is 10.2 Å². The molecular formula is C16H22N2O2. The number of nitrogens with zero attached hydrogens (tertiary/aromatic N) is 1. The molecule has 1 heterocycles. The van der Waals surface area contributed by atoms with Crippen molar-refractivity contribution in [3.05, 3.63) is 29.8 Å². The Hall–Kier alpha value is -1.84. The van der Waals surface area contributed by atoms with E-state index in [1.807, 2.05) is 38.1 Å². The van der Waals surface area contributed by atoms with Crippen LogP contribution in [0.4, 0.5) is 5.69 Å². The van der Waals surface area contributed by atoms with Gasteiger partial charge in [-0.2, -0.15) is 0 Å². The minimum Gasteiger partial charge on any atom is -0.342 e. The molecule has 0 saturated carbocycles. The van der Waals surface area contributed by atoms with Gasteiger partial charge in [0.15, 0.2) is 0 Å². The summed E-state index contributed by atoms with van der Waals surface area (Å²) in [5, 5.41) is 2.76. The lowest BCUT2D eigenvalue weighted by molar-refractivity contribution is -0.132. The largest absolute Gasteiger partial charge is 0.342 e. The third kappa shape index (κ3) is 2.84. The molecule has 0 radical (unpaired) electrons. The molecule has 1 aliphatic rings. The van der Waals surface area contributed by atoms with Crippen molar-refractivity contribution in [2.24, 2.45) is 5.92 Å². The number of hydrogen-bond acceptors (Lipinski definition) is 2. The van der Waals surface area contributed by atoms with E-state index < -0.39 is 6.04 Å². The van der Waals surface area contributed by atoms with Gasteiger partial charge >= 0.3 is 0 Å². The fourth-order valence-electron chi connectivity index (χ4n) is 2.38. The standard InChI is InChI=1S/C16H22N2O2/c1-10(2)12-5-7-13(8-6-12)18-9-14(19)17-15(11(3)4)16(18)20/h5-8,10-11,15H,9H2,1-4H3,(H,17,19). The van der Waals surface area contributed by atoms with Crippen LogP contribution >= 0.6 is 0 Å². The van der Waals surface area contributed by atoms with Gasteiger partial charge in [-0.1, -0.05) is 39.8 Å². The highest BCUT2D eigenvalue weighted by atomic mass is 16.2. The molecule has 1 unspecified atom stereocenters. The molecule has 4 heteroatoms. The maximum absolute atomic E-state index is 12.4. The van der Waals surface area contributed by atoms with Crippen LogP contribution in [0, 0.1) is 5.92 Å². The Balaban J connectivity index is 2.26. The van der Waals surface area contributed by atoms with Crippen LogP contribution in [0.5, 0.6) is 0 Å². The lowest BCUT2D eigenvalue weighted by Gasteiger charge is -2.34. The number of benzene rings is 1. The maximum Gasteiger partial charge on any atom is 0.250 e. The van der Waals surface area contributed by atoms with Crippen LogP contribution in [0.15, 0.2) is 24.3 Å². The highest BCUT2D eigenvalue weighted by Crippen LogP contribution is 2.23. The summed E-state index contributed by atoms with van der Waals surface area (Å²) < 4.78 is 0. The zero-order chi connectivity index (χ0) is 14.9. The van der Waals surface area contributed by atoms with Crippen molar-refractivity contribution >= 4 is 17.5 Å². The number of piperazine rings is 1. The second-order valence-electron chi connectivity index (χ2n) is 5.96. The maximum atomic E-state index is 12.4. The van der Waals surface area contributed by atoms with Crippen LogP contribution in [0.2, 0.25) is 0 Å². The first-order valence-electron chi connectivity index (χ1n) is 7.11. The van der Waals surface area contributed by atoms with E-state index in [4.69, 9.17) is 0 Å². The van der Waals surface area contributed by atoms with E-state index in [0.717, 1.165) is 5.69 Å². The van der Waals surface area contributed by atoms with Crippen LogP contribution < -0.4 is 10.2 Å². The van der Waals surface area contributed by atoms with Gasteiger partial charge in [0.2, 0.25) is 11.8 Å². The van der Waals surface area contributed by atoms with Crippen molar-refractivity contribution in [1.82, 2.24) is 5.32 Å². The predicted octanol–water partition coefficient (Wildman–Crippen LogP) is 2.30. The van der Waals surface area contributed by atoms with Crippen molar-refractivity contribution in [2.75, 3.05) is 11.4 Å². The summed E-state index contributed by atoms with van der Waals surface area (Å²) in [5.74, 6) is 0.408. The van der Waals surface area contributed by atoms with Crippen molar-refractivity contribution in [3.63, 3.8) is 0 Å². The fraction of sp³-hybridized carbons (Fsp3) is 0.500. The summed E-state index contributed by atoms with van der Waals surface area (Å²) in [6, 6.07) is 7.45. The Kier molecular flexibility index (Phi) is 4.12. The van der Waals surface area contributed by atoms with Crippen molar-refractivity contribution in [3.8, 4) is 0 Å². The molecule has 1 aliphatic heterocycles. The Labute approximate surface area is 120 Å². The number of rotatable bonds is 3. The van der Waals surface area contributed by atoms with Crippen LogP contribution in [0.25, 0.3) is 0 Å². The van der Waals surface area contributed by atoms with Crippen LogP contribution in [-0.4, -0.2) is 24.4 Å². The molecule has 2 rings (SSSR count). The first-order valence-corrected chi connectivity index (χ1v) is 7.11. The number of amides is 2. The summed E-state index contributed by atoms with van der Waals surface area (Å²) in [6.45, 7) is 8.23. The first kappa shape index (κ1) is 14.6. The SMILES string of the molecule is CC(C)c1ccc(N2CC(=O)NC(C(C)C)C2=O)cc1. The molecule has 4 nitrogen and oxygen atoms in total. The lowest BCUT2D eigenvalue weighted by Crippen LogP contribution is -2.60. The molecule has 0 aromatic heterocycles. The zero-order valence-corrected chi connectivity index (χ0v) is 12.5. The van der Waals surface area contributed by atoms with Gasteiger partial charge in [0.05, 0.1) is 0 Å². The van der Waals surface area contributed by atoms with Gasteiger partial charge in [-0.05, 0) is 29.5 Å². The van der Waals surface area contributed by atoms with E-state index in [1.54, 1.807) is 4.90 Å². The Morgan fingerprint density at radius 2 is 1.70 bits per heavy atom. The highest BCUT2D eigenvalue weighted by molar-refractivity contribution is 6.06. The Morgan fingerprint density at radius 1 is 1.10 bits per heavy atom. The normalized spacial score (nSPS) is 19.7. The number of anilines is 1. The van der Waals surface area contributed by atoms with E-state index in [1.165, 1.54) is 5.56 Å². The summed E-state index contributed by atoms with van der Waals surface area (Å²) in [6.07, 6.45) is 0. The first-order chi connectivity index (χ1) is 9.40. The quantitative estimate of drug-likeness (QED) is 0.919. The second-order valence-corrected chi connectivity index (χ2v) is 5.96. The number of hydrogen-bond donors (Lipinski definition) is 1. The van der Waals surface area contributed by atoms with Gasteiger partial charge in [-0.25, -0.2) is 0 Å². The molecule has 1 saturated heterocycles. The zero-order valence-electron chi connectivity index (χ0n) is 12.5. The molecule has 1 fully saturated rings. The molecule has 1 aromatic carbocycles. The van der Waals surface area contributed by atoms with E-state index in [0.29, 0.717) is 5.92 Å². The topological polar surface area (TPSA) is 49.4 Å². The average molecular weight is 274 g/mol. The fourth-order valence-corrected chi connectivity index (χ4v) is 2.38. The summed E-state index contributed by atoms with van der Waals surface area (Å²) in [5.41, 5.74) is 2.02. The summed E-state index contributed by atoms with van der Waals surface area (Å²) >= 11 is 0. The van der Waals surface area contributed by atoms with Gasteiger partial charge in [-0.15, -0.1) is 0 Å². The van der Waals surface area contributed by atoms with E-state index in [-0.39, 0.29) is 24.3 Å². The second kappa shape index (κ2) is 5.65. The van der Waals surface area contributed by atoms with Crippen LogP contribution in [0.3, 0.4) is 0 Å². The molecule has 1 atom stereocenters. The van der Waals surface area contributed by atoms with E-state index in [9.17, 15) is 9.59 Å². The molecule has 1 aromatic rings. The van der Waals surface area contributed by atoms with E-state index >= 15 is 0 Å².